The van der Waals surface area contributed by atoms with E-state index in [1.807, 2.05) is 60.7 Å². The van der Waals surface area contributed by atoms with Crippen LogP contribution >= 0.6 is 31.3 Å². The summed E-state index contributed by atoms with van der Waals surface area (Å²) < 4.78 is 116. The van der Waals surface area contributed by atoms with Crippen molar-refractivity contribution in [3.8, 4) is 0 Å². The molecule has 12 rings (SSSR count). The van der Waals surface area contributed by atoms with E-state index in [9.17, 15) is 47.4 Å². The molecule has 33 nitrogen and oxygen atoms in total. The summed E-state index contributed by atoms with van der Waals surface area (Å²) in [7, 11) is -24.2. The van der Waals surface area contributed by atoms with Crippen molar-refractivity contribution >= 4 is 88.7 Å². The number of benzene rings is 4. The SMILES string of the molecule is O=C(Nc1ccccc1)Nc1ncnc2c1ncn2[C@@H]1O[C@H](COP(=O)(O)OP(=O)(O)OP(=O)(O)OP(=O)(O)OC[C@H]2O[C@@H](n3cnc4c(NC(=O)Nc5ccccc5)ncnc43)[C@@H]3O[C@H](Cc4ccccc4)O[C@@H]32)[C@H]2O[C@@H](Cc3ccccc3)O[C@H]21. The zero-order chi connectivity index (χ0) is 60.5. The quantitative estimate of drug-likeness (QED) is 0.0318. The molecule has 4 amide bonds. The van der Waals surface area contributed by atoms with E-state index in [2.05, 4.69) is 64.1 Å². The number of rotatable bonds is 22. The average Bonchev–Trinajstić information content (AvgIpc) is 1.91. The molecule has 4 aromatic heterocycles. The van der Waals surface area contributed by atoms with Crippen LogP contribution < -0.4 is 21.3 Å². The number of para-hydroxylation sites is 2. The van der Waals surface area contributed by atoms with Gasteiger partial charge in [-0.15, -0.1) is 0 Å². The van der Waals surface area contributed by atoms with Gasteiger partial charge in [0.1, 0.15) is 49.3 Å². The number of carbonyl (C=O) groups excluding carboxylic acids is 2. The summed E-state index contributed by atoms with van der Waals surface area (Å²) in [6.45, 7) is -1.86. The van der Waals surface area contributed by atoms with E-state index in [-0.39, 0.29) is 46.8 Å². The maximum Gasteiger partial charge on any atom is 0.490 e. The first kappa shape index (κ1) is 60.1. The topological polar surface area (TPSA) is 420 Å². The van der Waals surface area contributed by atoms with Gasteiger partial charge in [-0.2, -0.15) is 12.9 Å². The van der Waals surface area contributed by atoms with Gasteiger partial charge in [0.2, 0.25) is 0 Å². The molecule has 4 saturated heterocycles. The molecule has 0 saturated carbocycles. The average molecular weight is 1280 g/mol. The van der Waals surface area contributed by atoms with Crippen LogP contribution in [0.1, 0.15) is 23.6 Å². The molecular weight excluding hydrogens is 1230 g/mol. The van der Waals surface area contributed by atoms with E-state index in [4.69, 9.17) is 37.5 Å². The van der Waals surface area contributed by atoms with Crippen molar-refractivity contribution < 1.29 is 97.8 Å². The molecule has 14 atom stereocenters. The maximum atomic E-state index is 13.3. The van der Waals surface area contributed by atoms with Crippen LogP contribution in [0.3, 0.4) is 0 Å². The highest BCUT2D eigenvalue weighted by molar-refractivity contribution is 7.69. The summed E-state index contributed by atoms with van der Waals surface area (Å²) in [6.07, 6.45) is -5.46. The van der Waals surface area contributed by atoms with Crippen molar-refractivity contribution in [2.45, 2.75) is 74.5 Å². The van der Waals surface area contributed by atoms with Crippen molar-refractivity contribution in [3.63, 3.8) is 0 Å². The number of ether oxygens (including phenoxy) is 6. The Morgan fingerprint density at radius 1 is 0.448 bits per heavy atom. The number of anilines is 4. The van der Waals surface area contributed by atoms with Gasteiger partial charge in [-0.3, -0.25) is 28.8 Å². The van der Waals surface area contributed by atoms with Gasteiger partial charge in [0.25, 0.3) is 0 Å². The molecule has 8 aromatic rings. The zero-order valence-electron chi connectivity index (χ0n) is 44.6. The molecular formula is C50H50N12O21P4. The standard InChI is InChI=1S/C50H50N12O21P4/c63-49(57-31-17-9-3-10-18-31)59-43-37-45(53-25-51-43)61(27-55-37)47-41-39(77-35(79-41)21-29-13-5-1-6-14-29)33(75-47)23-73-84(65,66)81-86(69,70)83-87(71,72)82-85(67,68)74-24-34-40-42(80-36(78-40)22-30-15-7-2-8-16-30)48(76-34)62-28-56-38-44(52-26-54-46(38)62)60-50(64)58-32-19-11-4-12-20-32/h1-20,25-28,33-36,39-42,47-48H,21-24H2,(H,65,66)(H,67,68)(H,69,70)(H,71,72)(H2,51,53,57,59,63)(H2,52,54,58,60,64)/t33-,34-,35-,36-,39-,40-,41-,42-,47-,48-/m1/s1. The summed E-state index contributed by atoms with van der Waals surface area (Å²) in [6, 6.07) is 34.2. The van der Waals surface area contributed by atoms with Gasteiger partial charge in [0.05, 0.1) is 25.9 Å². The van der Waals surface area contributed by atoms with Gasteiger partial charge in [-0.25, -0.2) is 57.8 Å². The molecule has 0 aliphatic carbocycles. The first-order valence-corrected chi connectivity index (χ1v) is 32.1. The first-order chi connectivity index (χ1) is 41.8. The molecule has 4 aromatic carbocycles. The number of amides is 4. The van der Waals surface area contributed by atoms with Crippen LogP contribution in [0.2, 0.25) is 0 Å². The maximum absolute atomic E-state index is 13.3. The van der Waals surface area contributed by atoms with Gasteiger partial charge in [0.15, 0.2) is 59.0 Å². The number of carbonyl (C=O) groups is 2. The fraction of sp³-hybridized carbons (Fsp3) is 0.280. The molecule has 0 bridgehead atoms. The molecule has 87 heavy (non-hydrogen) atoms. The van der Waals surface area contributed by atoms with E-state index in [0.29, 0.717) is 11.4 Å². The lowest BCUT2D eigenvalue weighted by molar-refractivity contribution is -0.149. The van der Waals surface area contributed by atoms with Crippen LogP contribution in [0.15, 0.2) is 147 Å². The van der Waals surface area contributed by atoms with Crippen LogP contribution in [0.5, 0.6) is 0 Å². The van der Waals surface area contributed by atoms with Crippen LogP contribution in [0, 0.1) is 0 Å². The Morgan fingerprint density at radius 3 is 1.20 bits per heavy atom. The molecule has 4 aliphatic rings. The normalized spacial score (nSPS) is 26.0. The number of phosphoric acid groups is 4. The van der Waals surface area contributed by atoms with Gasteiger partial charge in [-0.05, 0) is 35.4 Å². The van der Waals surface area contributed by atoms with E-state index in [0.717, 1.165) is 11.1 Å². The minimum atomic E-state index is -6.27. The van der Waals surface area contributed by atoms with Crippen LogP contribution in [-0.4, -0.2) is 133 Å². The molecule has 4 unspecified atom stereocenters. The fourth-order valence-electron chi connectivity index (χ4n) is 9.97. The van der Waals surface area contributed by atoms with Gasteiger partial charge >= 0.3 is 43.4 Å². The number of imidazole rings is 2. The van der Waals surface area contributed by atoms with Gasteiger partial charge < -0.3 is 58.6 Å². The van der Waals surface area contributed by atoms with E-state index in [1.54, 1.807) is 60.7 Å². The summed E-state index contributed by atoms with van der Waals surface area (Å²) >= 11 is 0. The number of hydrogen-bond donors (Lipinski definition) is 8. The third-order valence-electron chi connectivity index (χ3n) is 13.5. The second-order valence-electron chi connectivity index (χ2n) is 19.5. The lowest BCUT2D eigenvalue weighted by Gasteiger charge is -2.23. The minimum absolute atomic E-state index is 0.0252. The molecule has 4 fully saturated rings. The van der Waals surface area contributed by atoms with Gasteiger partial charge in [0, 0.05) is 24.2 Å². The number of nitrogens with zero attached hydrogens (tertiary/aromatic N) is 8. The minimum Gasteiger partial charge on any atom is -0.347 e. The number of phosphoric ester groups is 2. The number of hydrogen-bond acceptors (Lipinski definition) is 23. The third-order valence-corrected chi connectivity index (χ3v) is 19.4. The molecule has 0 radical (unpaired) electrons. The van der Waals surface area contributed by atoms with Crippen LogP contribution in [-0.2, 0) is 81.5 Å². The molecule has 456 valence electrons. The lowest BCUT2D eigenvalue weighted by atomic mass is 10.1. The second kappa shape index (κ2) is 25.1. The Balaban J connectivity index is 0.690. The highest BCUT2D eigenvalue weighted by atomic mass is 31.3. The summed E-state index contributed by atoms with van der Waals surface area (Å²) in [4.78, 5) is 94.2. The number of urea groups is 2. The fourth-order valence-corrected chi connectivity index (χ4v) is 14.9. The highest BCUT2D eigenvalue weighted by Gasteiger charge is 2.57. The Hall–Kier alpha value is -7.16. The Morgan fingerprint density at radius 2 is 0.805 bits per heavy atom. The van der Waals surface area contributed by atoms with E-state index < -0.39 is 118 Å². The van der Waals surface area contributed by atoms with E-state index >= 15 is 0 Å². The molecule has 37 heteroatoms. The molecule has 8 N–H and O–H groups in total. The smallest absolute Gasteiger partial charge is 0.347 e. The summed E-state index contributed by atoms with van der Waals surface area (Å²) in [5, 5.41) is 10.6. The van der Waals surface area contributed by atoms with Crippen molar-refractivity contribution in [2.75, 3.05) is 34.5 Å². The van der Waals surface area contributed by atoms with E-state index in [1.165, 1.54) is 34.4 Å². The Bertz CT molecular complexity index is 3730. The van der Waals surface area contributed by atoms with Crippen LogP contribution in [0.4, 0.5) is 32.6 Å². The first-order valence-electron chi connectivity index (χ1n) is 26.2. The van der Waals surface area contributed by atoms with Crippen LogP contribution in [0.25, 0.3) is 22.3 Å². The van der Waals surface area contributed by atoms with Crippen molar-refractivity contribution in [1.82, 2.24) is 39.0 Å². The number of fused-ring (bicyclic) bond motifs is 4. The highest BCUT2D eigenvalue weighted by Crippen LogP contribution is 2.71. The number of nitrogens with one attached hydrogen (secondary N) is 4. The van der Waals surface area contributed by atoms with Gasteiger partial charge in [-0.1, -0.05) is 97.1 Å². The third kappa shape index (κ3) is 14.2. The second-order valence-corrected chi connectivity index (χ2v) is 25.7. The van der Waals surface area contributed by atoms with Crippen molar-refractivity contribution in [3.05, 3.63) is 158 Å². The largest absolute Gasteiger partial charge is 0.490 e. The Labute approximate surface area is 490 Å². The Kier molecular flexibility index (Phi) is 17.4. The van der Waals surface area contributed by atoms with Crippen molar-refractivity contribution in [1.29, 1.82) is 0 Å². The molecule has 0 spiro atoms. The predicted octanol–water partition coefficient (Wildman–Crippen LogP) is 6.94. The zero-order valence-corrected chi connectivity index (χ0v) is 48.1. The summed E-state index contributed by atoms with van der Waals surface area (Å²) in [5.41, 5.74) is 3.22. The predicted molar refractivity (Wildman–Crippen MR) is 298 cm³/mol. The lowest BCUT2D eigenvalue weighted by Crippen LogP contribution is -2.31. The summed E-state index contributed by atoms with van der Waals surface area (Å²) in [5.74, 6) is 0.0504. The molecule has 4 aliphatic heterocycles. The monoisotopic (exact) mass is 1280 g/mol. The van der Waals surface area contributed by atoms with Crippen molar-refractivity contribution in [2.24, 2.45) is 0 Å². The molecule has 8 heterocycles. The number of aromatic nitrogens is 8.